The van der Waals surface area contributed by atoms with Crippen molar-refractivity contribution in [3.63, 3.8) is 0 Å². The lowest BCUT2D eigenvalue weighted by molar-refractivity contribution is -0.241. The summed E-state index contributed by atoms with van der Waals surface area (Å²) in [5, 5.41) is 0. The second kappa shape index (κ2) is 9.46. The van der Waals surface area contributed by atoms with Gasteiger partial charge in [-0.1, -0.05) is 26.8 Å². The first-order chi connectivity index (χ1) is 17.1. The molecule has 10 heteroatoms. The van der Waals surface area contributed by atoms with E-state index < -0.39 is 67.2 Å². The highest BCUT2D eigenvalue weighted by atomic mass is 28.4. The van der Waals surface area contributed by atoms with Crippen LogP contribution in [0.25, 0.3) is 0 Å². The minimum Gasteiger partial charge on any atom is -0.465 e. The summed E-state index contributed by atoms with van der Waals surface area (Å²) in [6.45, 7) is 17.3. The molecule has 9 nitrogen and oxygen atoms in total. The maximum atomic E-state index is 12.7. The normalized spacial score (nSPS) is 40.2. The third-order valence-electron chi connectivity index (χ3n) is 8.47. The van der Waals surface area contributed by atoms with E-state index in [9.17, 15) is 14.4 Å². The molecule has 2 bridgehead atoms. The van der Waals surface area contributed by atoms with Gasteiger partial charge in [0.05, 0.1) is 23.5 Å². The van der Waals surface area contributed by atoms with E-state index in [1.54, 1.807) is 0 Å². The van der Waals surface area contributed by atoms with Gasteiger partial charge in [0.25, 0.3) is 0 Å². The smallest absolute Gasteiger partial charge is 0.306 e. The molecule has 0 aromatic rings. The highest BCUT2D eigenvalue weighted by Crippen LogP contribution is 2.72. The van der Waals surface area contributed by atoms with Crippen molar-refractivity contribution in [3.8, 4) is 0 Å². The van der Waals surface area contributed by atoms with Gasteiger partial charge in [0, 0.05) is 26.7 Å². The van der Waals surface area contributed by atoms with E-state index in [4.69, 9.17) is 28.1 Å². The minimum atomic E-state index is -2.11. The first-order valence-electron chi connectivity index (χ1n) is 13.2. The number of rotatable bonds is 8. The van der Waals surface area contributed by atoms with Crippen LogP contribution in [0.1, 0.15) is 54.4 Å². The molecule has 2 saturated heterocycles. The molecule has 0 N–H and O–H groups in total. The van der Waals surface area contributed by atoms with Gasteiger partial charge in [0.15, 0.2) is 8.32 Å². The molecule has 8 unspecified atom stereocenters. The number of hydrogen-bond donors (Lipinski definition) is 0. The van der Waals surface area contributed by atoms with Gasteiger partial charge in [-0.25, -0.2) is 0 Å². The van der Waals surface area contributed by atoms with Crippen LogP contribution >= 0.6 is 0 Å². The summed E-state index contributed by atoms with van der Waals surface area (Å²) < 4.78 is 37.4. The maximum Gasteiger partial charge on any atom is 0.306 e. The number of ether oxygens (including phenoxy) is 5. The van der Waals surface area contributed by atoms with Crippen LogP contribution in [-0.4, -0.2) is 75.6 Å². The van der Waals surface area contributed by atoms with E-state index in [-0.39, 0.29) is 18.5 Å². The van der Waals surface area contributed by atoms with E-state index >= 15 is 0 Å². The van der Waals surface area contributed by atoms with Crippen LogP contribution in [0.3, 0.4) is 0 Å². The van der Waals surface area contributed by atoms with Crippen LogP contribution in [0.15, 0.2) is 11.6 Å². The zero-order valence-corrected chi connectivity index (χ0v) is 24.5. The fourth-order valence-corrected chi connectivity index (χ4v) is 7.83. The van der Waals surface area contributed by atoms with E-state index in [1.165, 1.54) is 13.8 Å². The Balaban J connectivity index is 1.84. The molecule has 0 aromatic heterocycles. The van der Waals surface area contributed by atoms with Crippen molar-refractivity contribution < 1.29 is 42.5 Å². The van der Waals surface area contributed by atoms with Crippen molar-refractivity contribution in [2.75, 3.05) is 13.2 Å². The molecule has 4 aliphatic rings. The molecule has 2 aliphatic heterocycles. The number of fused-ring (bicyclic) bond motifs is 2. The summed E-state index contributed by atoms with van der Waals surface area (Å²) in [5.74, 6) is -0.986. The molecule has 0 amide bonds. The van der Waals surface area contributed by atoms with Gasteiger partial charge in [-0.05, 0) is 38.1 Å². The van der Waals surface area contributed by atoms with Crippen molar-refractivity contribution in [1.82, 2.24) is 0 Å². The summed E-state index contributed by atoms with van der Waals surface area (Å²) in [5.41, 5.74) is -1.65. The molecular weight excluding hydrogens is 496 g/mol. The van der Waals surface area contributed by atoms with E-state index in [0.717, 1.165) is 5.57 Å². The van der Waals surface area contributed by atoms with Crippen molar-refractivity contribution >= 4 is 26.2 Å². The lowest BCUT2D eigenvalue weighted by Crippen LogP contribution is -2.68. The molecule has 0 aromatic carbocycles. The fraction of sp³-hybridized carbons (Fsp3) is 0.815. The predicted octanol–water partition coefficient (Wildman–Crippen LogP) is 3.55. The maximum absolute atomic E-state index is 12.7. The standard InChI is InChI=1S/C27H42O9Si/c1-15(2)10-21(30)34-19-12-26(13-31-17(4)28)20(11-16(19)3)35-24-22(36-37(7,8)9)23(33-18(5)29)25(26,6)27(24)14-32-27/h11,15,19-20,22-24H,10,12-14H2,1-9H3. The lowest BCUT2D eigenvalue weighted by atomic mass is 9.51. The molecule has 4 rings (SSSR count). The predicted molar refractivity (Wildman–Crippen MR) is 136 cm³/mol. The van der Waals surface area contributed by atoms with Gasteiger partial charge in [0.1, 0.15) is 36.6 Å². The SMILES string of the molecule is CC(=O)OCC12CC(OC(=O)CC(C)C)C(C)=CC1OC1C(O[Si](C)(C)C)C(OC(C)=O)C2(C)C12CO2. The largest absolute Gasteiger partial charge is 0.465 e. The molecule has 0 radical (unpaired) electrons. The first kappa shape index (κ1) is 28.3. The van der Waals surface area contributed by atoms with Crippen molar-refractivity contribution in [2.24, 2.45) is 16.7 Å². The van der Waals surface area contributed by atoms with Crippen molar-refractivity contribution in [2.45, 2.75) is 110 Å². The number of carbonyl (C=O) groups is 3. The Hall–Kier alpha value is -1.75. The van der Waals surface area contributed by atoms with Gasteiger partial charge >= 0.3 is 17.9 Å². The van der Waals surface area contributed by atoms with Crippen LogP contribution in [0, 0.1) is 16.7 Å². The van der Waals surface area contributed by atoms with Crippen LogP contribution in [-0.2, 0) is 42.5 Å². The topological polar surface area (TPSA) is 110 Å². The summed E-state index contributed by atoms with van der Waals surface area (Å²) in [6, 6.07) is 0. The zero-order chi connectivity index (χ0) is 27.6. The Bertz CT molecular complexity index is 981. The van der Waals surface area contributed by atoms with Crippen LogP contribution in [0.2, 0.25) is 19.6 Å². The van der Waals surface area contributed by atoms with E-state index in [1.807, 2.05) is 33.8 Å². The minimum absolute atomic E-state index is 0.000766. The quantitative estimate of drug-likeness (QED) is 0.151. The number of hydrogen-bond acceptors (Lipinski definition) is 9. The molecule has 1 spiro atoms. The first-order valence-corrected chi connectivity index (χ1v) is 16.6. The molecule has 2 heterocycles. The molecule has 208 valence electrons. The number of esters is 3. The lowest BCUT2D eigenvalue weighted by Gasteiger charge is -2.58. The third kappa shape index (κ3) is 4.68. The Labute approximate surface area is 220 Å². The zero-order valence-electron chi connectivity index (χ0n) is 23.5. The molecule has 37 heavy (non-hydrogen) atoms. The highest BCUT2D eigenvalue weighted by molar-refractivity contribution is 6.69. The van der Waals surface area contributed by atoms with Gasteiger partial charge in [0.2, 0.25) is 0 Å². The average molecular weight is 539 g/mol. The molecule has 8 atom stereocenters. The van der Waals surface area contributed by atoms with E-state index in [2.05, 4.69) is 19.6 Å². The summed E-state index contributed by atoms with van der Waals surface area (Å²) >= 11 is 0. The Kier molecular flexibility index (Phi) is 7.23. The van der Waals surface area contributed by atoms with Gasteiger partial charge in [-0.3, -0.25) is 14.4 Å². The number of carbonyl (C=O) groups excluding carboxylic acids is 3. The second-order valence-electron chi connectivity index (χ2n) is 12.7. The van der Waals surface area contributed by atoms with E-state index in [0.29, 0.717) is 19.4 Å². The average Bonchev–Trinajstić information content (AvgIpc) is 3.52. The molecule has 2 aliphatic carbocycles. The number of epoxide rings is 1. The van der Waals surface area contributed by atoms with Gasteiger partial charge in [-0.2, -0.15) is 0 Å². The third-order valence-corrected chi connectivity index (χ3v) is 9.45. The summed E-state index contributed by atoms with van der Waals surface area (Å²) in [7, 11) is -2.11. The molecule has 3 fully saturated rings. The van der Waals surface area contributed by atoms with Crippen LogP contribution < -0.4 is 0 Å². The van der Waals surface area contributed by atoms with Crippen LogP contribution in [0.4, 0.5) is 0 Å². The summed E-state index contributed by atoms with van der Waals surface area (Å²) in [6.07, 6.45) is -0.123. The Morgan fingerprint density at radius 1 is 1.14 bits per heavy atom. The van der Waals surface area contributed by atoms with Gasteiger partial charge < -0.3 is 28.1 Å². The van der Waals surface area contributed by atoms with Gasteiger partial charge in [-0.15, -0.1) is 0 Å². The molecule has 1 saturated carbocycles. The van der Waals surface area contributed by atoms with Crippen molar-refractivity contribution in [3.05, 3.63) is 11.6 Å². The summed E-state index contributed by atoms with van der Waals surface area (Å²) in [4.78, 5) is 37.3. The highest BCUT2D eigenvalue weighted by Gasteiger charge is 2.86. The monoisotopic (exact) mass is 538 g/mol. The van der Waals surface area contributed by atoms with Crippen molar-refractivity contribution in [1.29, 1.82) is 0 Å². The Morgan fingerprint density at radius 2 is 1.78 bits per heavy atom. The second-order valence-corrected chi connectivity index (χ2v) is 17.2. The fourth-order valence-electron chi connectivity index (χ4n) is 6.76. The Morgan fingerprint density at radius 3 is 2.30 bits per heavy atom. The van der Waals surface area contributed by atoms with Crippen LogP contribution in [0.5, 0.6) is 0 Å². The molecular formula is C27H42O9Si.